The van der Waals surface area contributed by atoms with Gasteiger partial charge >= 0.3 is 0 Å². The van der Waals surface area contributed by atoms with Gasteiger partial charge in [-0.2, -0.15) is 0 Å². The summed E-state index contributed by atoms with van der Waals surface area (Å²) in [5.41, 5.74) is 16.1. The van der Waals surface area contributed by atoms with Gasteiger partial charge in [-0.15, -0.1) is 0 Å². The van der Waals surface area contributed by atoms with Crippen LogP contribution in [-0.4, -0.2) is 0 Å². The van der Waals surface area contributed by atoms with E-state index in [9.17, 15) is 0 Å². The van der Waals surface area contributed by atoms with Crippen LogP contribution in [0.3, 0.4) is 0 Å². The van der Waals surface area contributed by atoms with Gasteiger partial charge in [0.1, 0.15) is 11.2 Å². The van der Waals surface area contributed by atoms with E-state index < -0.39 is 0 Å². The molecule has 0 saturated heterocycles. The molecule has 7 aromatic rings. The van der Waals surface area contributed by atoms with Gasteiger partial charge < -0.3 is 4.42 Å². The summed E-state index contributed by atoms with van der Waals surface area (Å²) in [7, 11) is 0. The van der Waals surface area contributed by atoms with Crippen molar-refractivity contribution in [3.63, 3.8) is 0 Å². The first kappa shape index (κ1) is 22.9. The SMILES string of the molecule is CC(C)c1ccc2c(c1)C1(c3ccccc3-c3ccccc31)c1cc(-c3cccc4c3oc3ccccc34)ccc1-2. The second kappa shape index (κ2) is 8.08. The topological polar surface area (TPSA) is 13.1 Å². The third kappa shape index (κ3) is 2.86. The smallest absolute Gasteiger partial charge is 0.143 e. The van der Waals surface area contributed by atoms with E-state index >= 15 is 0 Å². The fourth-order valence-electron chi connectivity index (χ4n) is 7.66. The standard InChI is InChI=1S/C40H28O/c1-24(2)25-18-20-30-31-21-19-26(27-13-9-14-33-32-12-5-8-17-38(32)41-39(27)33)23-37(31)40(36(30)22-25)34-15-6-3-10-28(34)29-11-4-7-16-35(29)40/h3-24H,1-2H3. The average Bonchev–Trinajstić information content (AvgIpc) is 3.64. The predicted molar refractivity (Wildman–Crippen MR) is 170 cm³/mol. The molecule has 194 valence electrons. The maximum absolute atomic E-state index is 6.49. The van der Waals surface area contributed by atoms with E-state index in [1.165, 1.54) is 55.6 Å². The molecule has 0 fully saturated rings. The first-order valence-corrected chi connectivity index (χ1v) is 14.6. The lowest BCUT2D eigenvalue weighted by molar-refractivity contribution is 0.670. The lowest BCUT2D eigenvalue weighted by atomic mass is 9.70. The molecule has 9 rings (SSSR count). The van der Waals surface area contributed by atoms with E-state index in [-0.39, 0.29) is 5.41 Å². The Labute approximate surface area is 239 Å². The largest absolute Gasteiger partial charge is 0.455 e. The molecule has 41 heavy (non-hydrogen) atoms. The van der Waals surface area contributed by atoms with Gasteiger partial charge in [-0.3, -0.25) is 0 Å². The Bertz CT molecular complexity index is 2150. The van der Waals surface area contributed by atoms with Crippen molar-refractivity contribution < 1.29 is 4.42 Å². The van der Waals surface area contributed by atoms with E-state index in [1.807, 2.05) is 6.07 Å². The van der Waals surface area contributed by atoms with Crippen molar-refractivity contribution in [2.45, 2.75) is 25.2 Å². The molecular weight excluding hydrogens is 496 g/mol. The molecule has 0 radical (unpaired) electrons. The first-order chi connectivity index (χ1) is 20.2. The van der Waals surface area contributed by atoms with Gasteiger partial charge in [-0.1, -0.05) is 129 Å². The molecule has 0 unspecified atom stereocenters. The highest BCUT2D eigenvalue weighted by Crippen LogP contribution is 2.63. The molecule has 1 spiro atoms. The molecule has 1 heterocycles. The van der Waals surface area contributed by atoms with E-state index in [1.54, 1.807) is 0 Å². The van der Waals surface area contributed by atoms with Crippen LogP contribution in [0.15, 0.2) is 132 Å². The Balaban J connectivity index is 1.39. The van der Waals surface area contributed by atoms with Gasteiger partial charge in [0.15, 0.2) is 0 Å². The minimum absolute atomic E-state index is 0.361. The van der Waals surface area contributed by atoms with Gasteiger partial charge in [0.2, 0.25) is 0 Å². The highest BCUT2D eigenvalue weighted by atomic mass is 16.3. The molecule has 0 saturated carbocycles. The van der Waals surface area contributed by atoms with Crippen LogP contribution in [0.4, 0.5) is 0 Å². The normalized spacial score (nSPS) is 14.0. The summed E-state index contributed by atoms with van der Waals surface area (Å²) in [6.07, 6.45) is 0. The van der Waals surface area contributed by atoms with Gasteiger partial charge in [0.05, 0.1) is 5.41 Å². The van der Waals surface area contributed by atoms with Gasteiger partial charge in [0, 0.05) is 16.3 Å². The number of benzene rings is 6. The molecule has 6 aromatic carbocycles. The average molecular weight is 525 g/mol. The Kier molecular flexibility index (Phi) is 4.51. The zero-order valence-electron chi connectivity index (χ0n) is 23.1. The molecule has 0 bridgehead atoms. The third-order valence-electron chi connectivity index (χ3n) is 9.50. The Morgan fingerprint density at radius 3 is 1.83 bits per heavy atom. The molecule has 2 aliphatic rings. The van der Waals surface area contributed by atoms with E-state index in [4.69, 9.17) is 4.42 Å². The summed E-state index contributed by atoms with van der Waals surface area (Å²) in [6.45, 7) is 4.58. The maximum atomic E-state index is 6.49. The fourth-order valence-corrected chi connectivity index (χ4v) is 7.66. The van der Waals surface area contributed by atoms with Crippen LogP contribution in [0.25, 0.3) is 55.3 Å². The van der Waals surface area contributed by atoms with Crippen molar-refractivity contribution in [1.29, 1.82) is 0 Å². The number of fused-ring (bicyclic) bond motifs is 13. The highest BCUT2D eigenvalue weighted by molar-refractivity contribution is 6.09. The van der Waals surface area contributed by atoms with Gasteiger partial charge in [-0.05, 0) is 73.7 Å². The summed E-state index contributed by atoms with van der Waals surface area (Å²) >= 11 is 0. The molecule has 2 aliphatic carbocycles. The van der Waals surface area contributed by atoms with E-state index in [0.717, 1.165) is 27.5 Å². The second-order valence-electron chi connectivity index (χ2n) is 11.8. The van der Waals surface area contributed by atoms with Crippen molar-refractivity contribution in [3.05, 3.63) is 155 Å². The van der Waals surface area contributed by atoms with Crippen molar-refractivity contribution in [1.82, 2.24) is 0 Å². The Morgan fingerprint density at radius 1 is 0.488 bits per heavy atom. The van der Waals surface area contributed by atoms with Crippen LogP contribution < -0.4 is 0 Å². The zero-order valence-corrected chi connectivity index (χ0v) is 23.1. The predicted octanol–water partition coefficient (Wildman–Crippen LogP) is 10.7. The number of hydrogen-bond acceptors (Lipinski definition) is 1. The number of hydrogen-bond donors (Lipinski definition) is 0. The number of rotatable bonds is 2. The van der Waals surface area contributed by atoms with Crippen molar-refractivity contribution in [3.8, 4) is 33.4 Å². The molecule has 0 aliphatic heterocycles. The first-order valence-electron chi connectivity index (χ1n) is 14.6. The van der Waals surface area contributed by atoms with Crippen LogP contribution >= 0.6 is 0 Å². The molecular formula is C40H28O. The van der Waals surface area contributed by atoms with Crippen LogP contribution in [0.2, 0.25) is 0 Å². The van der Waals surface area contributed by atoms with Gasteiger partial charge in [0.25, 0.3) is 0 Å². The van der Waals surface area contributed by atoms with Crippen LogP contribution in [-0.2, 0) is 5.41 Å². The van der Waals surface area contributed by atoms with E-state index in [0.29, 0.717) is 5.92 Å². The summed E-state index contributed by atoms with van der Waals surface area (Å²) in [6, 6.07) is 47.2. The van der Waals surface area contributed by atoms with Crippen molar-refractivity contribution in [2.24, 2.45) is 0 Å². The van der Waals surface area contributed by atoms with Gasteiger partial charge in [-0.25, -0.2) is 0 Å². The third-order valence-corrected chi connectivity index (χ3v) is 9.50. The molecule has 1 nitrogen and oxygen atoms in total. The van der Waals surface area contributed by atoms with Crippen molar-refractivity contribution >= 4 is 21.9 Å². The summed E-state index contributed by atoms with van der Waals surface area (Å²) in [5.74, 6) is 0.453. The Morgan fingerprint density at radius 2 is 1.07 bits per heavy atom. The lowest BCUT2D eigenvalue weighted by Crippen LogP contribution is -2.26. The number of furan rings is 1. The quantitative estimate of drug-likeness (QED) is 0.219. The summed E-state index contributed by atoms with van der Waals surface area (Å²) in [5, 5.41) is 2.32. The van der Waals surface area contributed by atoms with E-state index in [2.05, 4.69) is 135 Å². The number of para-hydroxylation sites is 2. The summed E-state index contributed by atoms with van der Waals surface area (Å²) < 4.78 is 6.49. The minimum atomic E-state index is -0.361. The monoisotopic (exact) mass is 524 g/mol. The minimum Gasteiger partial charge on any atom is -0.455 e. The van der Waals surface area contributed by atoms with Crippen LogP contribution in [0.1, 0.15) is 47.6 Å². The fraction of sp³-hybridized carbons (Fsp3) is 0.100. The molecule has 1 heteroatoms. The summed E-state index contributed by atoms with van der Waals surface area (Å²) in [4.78, 5) is 0. The van der Waals surface area contributed by atoms with Crippen LogP contribution in [0.5, 0.6) is 0 Å². The van der Waals surface area contributed by atoms with Crippen molar-refractivity contribution in [2.75, 3.05) is 0 Å². The second-order valence-corrected chi connectivity index (χ2v) is 11.8. The van der Waals surface area contributed by atoms with Crippen LogP contribution in [0, 0.1) is 0 Å². The molecule has 1 aromatic heterocycles. The maximum Gasteiger partial charge on any atom is 0.143 e. The molecule has 0 atom stereocenters. The molecule has 0 N–H and O–H groups in total. The zero-order chi connectivity index (χ0) is 27.3. The lowest BCUT2D eigenvalue weighted by Gasteiger charge is -2.31. The molecule has 0 amide bonds. The Hall–Kier alpha value is -4.88. The highest BCUT2D eigenvalue weighted by Gasteiger charge is 2.51.